The highest BCUT2D eigenvalue weighted by Gasteiger charge is 2.24. The van der Waals surface area contributed by atoms with Crippen LogP contribution in [0.4, 0.5) is 10.1 Å². The maximum Gasteiger partial charge on any atom is 0.241 e. The third kappa shape index (κ3) is 5.42. The van der Waals surface area contributed by atoms with E-state index in [0.29, 0.717) is 0 Å². The number of amides is 1. The Morgan fingerprint density at radius 2 is 1.48 bits per heavy atom. The highest BCUT2D eigenvalue weighted by atomic mass is 32.2. The first-order chi connectivity index (χ1) is 13.8. The van der Waals surface area contributed by atoms with E-state index in [1.165, 1.54) is 18.2 Å². The van der Waals surface area contributed by atoms with E-state index in [2.05, 4.69) is 5.32 Å². The van der Waals surface area contributed by atoms with Crippen molar-refractivity contribution in [1.29, 1.82) is 0 Å². The van der Waals surface area contributed by atoms with Crippen LogP contribution in [0, 0.1) is 5.82 Å². The van der Waals surface area contributed by atoms with Crippen molar-refractivity contribution in [2.45, 2.75) is 6.04 Å². The summed E-state index contributed by atoms with van der Waals surface area (Å²) in [4.78, 5) is 12.8. The molecular weight excluding hydrogens is 391 g/mol. The minimum absolute atomic E-state index is 0.0959. The van der Waals surface area contributed by atoms with Gasteiger partial charge in [-0.15, -0.1) is 0 Å². The minimum Gasteiger partial charge on any atom is -0.344 e. The number of benzene rings is 3. The number of halogens is 1. The van der Waals surface area contributed by atoms with Gasteiger partial charge in [0, 0.05) is 0 Å². The lowest BCUT2D eigenvalue weighted by Crippen LogP contribution is -2.41. The number of nitrogens with zero attached hydrogens (tertiary/aromatic N) is 1. The number of anilines is 1. The van der Waals surface area contributed by atoms with E-state index in [1.807, 2.05) is 60.7 Å². The first kappa shape index (κ1) is 20.5. The molecule has 1 amide bonds. The van der Waals surface area contributed by atoms with E-state index in [1.54, 1.807) is 0 Å². The van der Waals surface area contributed by atoms with Crippen molar-refractivity contribution in [3.8, 4) is 0 Å². The summed E-state index contributed by atoms with van der Waals surface area (Å²) in [5.74, 6) is -1.08. The number of rotatable bonds is 7. The first-order valence-electron chi connectivity index (χ1n) is 8.97. The molecule has 0 radical (unpaired) electrons. The normalized spacial score (nSPS) is 11.3. The monoisotopic (exact) mass is 412 g/mol. The standard InChI is InChI=1S/C22H21FN2O3S/c1-29(27,28)25(20-14-8-13-19(23)15-20)16-21(26)24-22(17-9-4-2-5-10-17)18-11-6-3-7-12-18/h2-15,22H,16H2,1H3,(H,24,26). The third-order valence-corrected chi connectivity index (χ3v) is 5.50. The molecule has 150 valence electrons. The van der Waals surface area contributed by atoms with E-state index in [-0.39, 0.29) is 5.69 Å². The Kier molecular flexibility index (Phi) is 6.29. The summed E-state index contributed by atoms with van der Waals surface area (Å²) in [6, 6.07) is 23.5. The molecule has 3 aromatic rings. The van der Waals surface area contributed by atoms with E-state index in [4.69, 9.17) is 0 Å². The zero-order valence-corrected chi connectivity index (χ0v) is 16.6. The second-order valence-corrected chi connectivity index (χ2v) is 8.48. The Hall–Kier alpha value is -3.19. The molecule has 7 heteroatoms. The van der Waals surface area contributed by atoms with E-state index >= 15 is 0 Å². The lowest BCUT2D eigenvalue weighted by molar-refractivity contribution is -0.120. The van der Waals surface area contributed by atoms with Crippen LogP contribution in [0.15, 0.2) is 84.9 Å². The van der Waals surface area contributed by atoms with Crippen LogP contribution in [0.2, 0.25) is 0 Å². The topological polar surface area (TPSA) is 66.5 Å². The van der Waals surface area contributed by atoms with Gasteiger partial charge in [-0.05, 0) is 29.3 Å². The second kappa shape index (κ2) is 8.87. The van der Waals surface area contributed by atoms with E-state index in [0.717, 1.165) is 27.8 Å². The number of hydrogen-bond acceptors (Lipinski definition) is 3. The molecule has 0 saturated carbocycles. The van der Waals surface area contributed by atoms with Crippen molar-refractivity contribution < 1.29 is 17.6 Å². The highest BCUT2D eigenvalue weighted by molar-refractivity contribution is 7.92. The van der Waals surface area contributed by atoms with Crippen molar-refractivity contribution in [2.24, 2.45) is 0 Å². The first-order valence-corrected chi connectivity index (χ1v) is 10.8. The van der Waals surface area contributed by atoms with Crippen molar-refractivity contribution in [1.82, 2.24) is 5.32 Å². The number of hydrogen-bond donors (Lipinski definition) is 1. The van der Waals surface area contributed by atoms with Crippen LogP contribution < -0.4 is 9.62 Å². The summed E-state index contributed by atoms with van der Waals surface area (Å²) in [5, 5.41) is 2.90. The molecule has 0 unspecified atom stereocenters. The molecule has 29 heavy (non-hydrogen) atoms. The van der Waals surface area contributed by atoms with Crippen molar-refractivity contribution in [3.63, 3.8) is 0 Å². The van der Waals surface area contributed by atoms with Gasteiger partial charge in [0.05, 0.1) is 18.0 Å². The third-order valence-electron chi connectivity index (χ3n) is 4.35. The zero-order chi connectivity index (χ0) is 20.9. The van der Waals surface area contributed by atoms with Gasteiger partial charge in [-0.3, -0.25) is 9.10 Å². The van der Waals surface area contributed by atoms with Crippen LogP contribution in [-0.2, 0) is 14.8 Å². The number of carbonyl (C=O) groups excluding carboxylic acids is 1. The summed E-state index contributed by atoms with van der Waals surface area (Å²) in [6.07, 6.45) is 0.983. The fourth-order valence-corrected chi connectivity index (χ4v) is 3.87. The fraction of sp³-hybridized carbons (Fsp3) is 0.136. The molecule has 0 fully saturated rings. The molecule has 0 aliphatic rings. The molecule has 0 spiro atoms. The number of nitrogens with one attached hydrogen (secondary N) is 1. The maximum atomic E-state index is 13.6. The number of sulfonamides is 1. The Bertz CT molecular complexity index is 1030. The molecule has 0 aliphatic heterocycles. The molecule has 0 aliphatic carbocycles. The van der Waals surface area contributed by atoms with Gasteiger partial charge in [0.25, 0.3) is 0 Å². The van der Waals surface area contributed by atoms with Crippen LogP contribution in [0.1, 0.15) is 17.2 Å². The molecule has 0 aromatic heterocycles. The largest absolute Gasteiger partial charge is 0.344 e. The van der Waals surface area contributed by atoms with Crippen LogP contribution in [0.3, 0.4) is 0 Å². The summed E-state index contributed by atoms with van der Waals surface area (Å²) < 4.78 is 38.9. The van der Waals surface area contributed by atoms with Gasteiger partial charge in [0.2, 0.25) is 15.9 Å². The Morgan fingerprint density at radius 3 is 1.97 bits per heavy atom. The maximum absolute atomic E-state index is 13.6. The van der Waals surface area contributed by atoms with Gasteiger partial charge >= 0.3 is 0 Å². The Morgan fingerprint density at radius 1 is 0.931 bits per heavy atom. The lowest BCUT2D eigenvalue weighted by Gasteiger charge is -2.25. The lowest BCUT2D eigenvalue weighted by atomic mass is 9.99. The quantitative estimate of drug-likeness (QED) is 0.646. The predicted molar refractivity (Wildman–Crippen MR) is 111 cm³/mol. The molecule has 1 N–H and O–H groups in total. The van der Waals surface area contributed by atoms with Gasteiger partial charge < -0.3 is 5.32 Å². The Balaban J connectivity index is 1.87. The van der Waals surface area contributed by atoms with Crippen LogP contribution in [0.25, 0.3) is 0 Å². The highest BCUT2D eigenvalue weighted by Crippen LogP contribution is 2.23. The summed E-state index contributed by atoms with van der Waals surface area (Å²) in [6.45, 7) is -0.460. The van der Waals surface area contributed by atoms with E-state index in [9.17, 15) is 17.6 Å². The molecule has 0 heterocycles. The van der Waals surface area contributed by atoms with Crippen LogP contribution >= 0.6 is 0 Å². The van der Waals surface area contributed by atoms with Crippen molar-refractivity contribution in [3.05, 3.63) is 102 Å². The van der Waals surface area contributed by atoms with Crippen LogP contribution in [-0.4, -0.2) is 27.1 Å². The molecule has 0 atom stereocenters. The molecule has 5 nitrogen and oxygen atoms in total. The molecule has 0 bridgehead atoms. The van der Waals surface area contributed by atoms with Crippen LogP contribution in [0.5, 0.6) is 0 Å². The molecule has 3 rings (SSSR count). The molecule has 3 aromatic carbocycles. The van der Waals surface area contributed by atoms with Gasteiger partial charge in [-0.25, -0.2) is 12.8 Å². The Labute approximate surface area is 169 Å². The van der Waals surface area contributed by atoms with Gasteiger partial charge in [-0.2, -0.15) is 0 Å². The minimum atomic E-state index is -3.79. The summed E-state index contributed by atoms with van der Waals surface area (Å²) in [7, 11) is -3.79. The zero-order valence-electron chi connectivity index (χ0n) is 15.8. The molecule has 0 saturated heterocycles. The van der Waals surface area contributed by atoms with Crippen molar-refractivity contribution >= 4 is 21.6 Å². The van der Waals surface area contributed by atoms with Gasteiger partial charge in [0.15, 0.2) is 0 Å². The SMILES string of the molecule is CS(=O)(=O)N(CC(=O)NC(c1ccccc1)c1ccccc1)c1cccc(F)c1. The van der Waals surface area contributed by atoms with Gasteiger partial charge in [0.1, 0.15) is 12.4 Å². The fourth-order valence-electron chi connectivity index (χ4n) is 3.02. The predicted octanol–water partition coefficient (Wildman–Crippen LogP) is 3.50. The average Bonchev–Trinajstić information content (AvgIpc) is 2.71. The van der Waals surface area contributed by atoms with Gasteiger partial charge in [-0.1, -0.05) is 66.7 Å². The smallest absolute Gasteiger partial charge is 0.241 e. The average molecular weight is 412 g/mol. The number of carbonyl (C=O) groups is 1. The van der Waals surface area contributed by atoms with Crippen molar-refractivity contribution in [2.75, 3.05) is 17.1 Å². The summed E-state index contributed by atoms with van der Waals surface area (Å²) in [5.41, 5.74) is 1.83. The molecular formula is C22H21FN2O3S. The van der Waals surface area contributed by atoms with E-state index < -0.39 is 34.3 Å². The second-order valence-electron chi connectivity index (χ2n) is 6.57. The summed E-state index contributed by atoms with van der Waals surface area (Å²) >= 11 is 0.